The van der Waals surface area contributed by atoms with Gasteiger partial charge in [0, 0.05) is 16.6 Å². The molecule has 0 saturated carbocycles. The molecule has 121 valence electrons. The molecule has 1 atom stereocenters. The summed E-state index contributed by atoms with van der Waals surface area (Å²) in [6, 6.07) is 5.43. The highest BCUT2D eigenvalue weighted by molar-refractivity contribution is 9.10. The predicted molar refractivity (Wildman–Crippen MR) is 95.9 cm³/mol. The fraction of sp³-hybridized carbons (Fsp3) is 0.529. The molecule has 1 aromatic heterocycles. The molecule has 0 aliphatic carbocycles. The van der Waals surface area contributed by atoms with E-state index in [0.717, 1.165) is 16.6 Å². The molecule has 1 unspecified atom stereocenters. The maximum Gasteiger partial charge on any atom is 0.205 e. The Hall–Kier alpha value is -0.653. The van der Waals surface area contributed by atoms with Crippen LogP contribution in [0.25, 0.3) is 10.9 Å². The zero-order chi connectivity index (χ0) is 16.7. The number of nitrogens with one attached hydrogen (secondary N) is 1. The van der Waals surface area contributed by atoms with E-state index in [1.54, 1.807) is 0 Å². The minimum Gasteiger partial charge on any atom is -0.408 e. The first-order chi connectivity index (χ1) is 10.1. The van der Waals surface area contributed by atoms with Crippen LogP contribution in [0.5, 0.6) is 0 Å². The molecule has 1 radical (unpaired) electrons. The highest BCUT2D eigenvalue weighted by Crippen LogP contribution is 2.43. The summed E-state index contributed by atoms with van der Waals surface area (Å²) in [5, 5.41) is 0.998. The molecule has 2 nitrogen and oxygen atoms in total. The van der Waals surface area contributed by atoms with E-state index >= 15 is 0 Å². The second-order valence-corrected chi connectivity index (χ2v) is 9.87. The molecule has 5 heteroatoms. The molecular formula is C17H24BrFNOSi. The largest absolute Gasteiger partial charge is 0.408 e. The van der Waals surface area contributed by atoms with Crippen molar-refractivity contribution in [2.75, 3.05) is 0 Å². The van der Waals surface area contributed by atoms with E-state index in [4.69, 9.17) is 4.43 Å². The van der Waals surface area contributed by atoms with Crippen LogP contribution < -0.4 is 0 Å². The highest BCUT2D eigenvalue weighted by atomic mass is 79.9. The molecule has 0 spiro atoms. The van der Waals surface area contributed by atoms with Crippen LogP contribution in [0.2, 0.25) is 13.1 Å². The smallest absolute Gasteiger partial charge is 0.205 e. The lowest BCUT2D eigenvalue weighted by Crippen LogP contribution is -2.32. The van der Waals surface area contributed by atoms with E-state index < -0.39 is 9.04 Å². The summed E-state index contributed by atoms with van der Waals surface area (Å²) < 4.78 is 20.5. The fourth-order valence-electron chi connectivity index (χ4n) is 2.44. The number of aromatic amines is 1. The van der Waals surface area contributed by atoms with Gasteiger partial charge in [-0.15, -0.1) is 0 Å². The molecule has 22 heavy (non-hydrogen) atoms. The molecule has 1 N–H and O–H groups in total. The fourth-order valence-corrected chi connectivity index (χ4v) is 3.71. The standard InChI is InChI=1S/C17H24BrFNOSi/c1-10(2)17(3,4)16(21-22(5)6)15-8-11-7-12(18)13(19)9-14(11)20-15/h7-10,16,20H,1-6H3. The Balaban J connectivity index is 2.52. The average Bonchev–Trinajstić information content (AvgIpc) is 2.78. The second kappa shape index (κ2) is 6.46. The lowest BCUT2D eigenvalue weighted by Gasteiger charge is -2.38. The minimum absolute atomic E-state index is 0.0153. The summed E-state index contributed by atoms with van der Waals surface area (Å²) in [5.74, 6) is 0.214. The van der Waals surface area contributed by atoms with Crippen LogP contribution in [-0.2, 0) is 4.43 Å². The molecule has 0 aliphatic heterocycles. The van der Waals surface area contributed by atoms with Crippen LogP contribution in [0.4, 0.5) is 4.39 Å². The number of halogens is 2. The maximum atomic E-state index is 13.7. The molecule has 0 saturated heterocycles. The van der Waals surface area contributed by atoms with Crippen LogP contribution in [0.15, 0.2) is 22.7 Å². The van der Waals surface area contributed by atoms with Gasteiger partial charge in [-0.05, 0) is 58.6 Å². The number of fused-ring (bicyclic) bond motifs is 1. The Morgan fingerprint density at radius 1 is 1.23 bits per heavy atom. The van der Waals surface area contributed by atoms with Gasteiger partial charge in [-0.25, -0.2) is 4.39 Å². The van der Waals surface area contributed by atoms with Crippen molar-refractivity contribution in [1.29, 1.82) is 0 Å². The highest BCUT2D eigenvalue weighted by Gasteiger charge is 2.36. The van der Waals surface area contributed by atoms with Crippen LogP contribution in [0.1, 0.15) is 39.5 Å². The van der Waals surface area contributed by atoms with Gasteiger partial charge in [0.2, 0.25) is 9.04 Å². The third-order valence-corrected chi connectivity index (χ3v) is 5.80. The van der Waals surface area contributed by atoms with Crippen molar-refractivity contribution in [1.82, 2.24) is 4.98 Å². The van der Waals surface area contributed by atoms with E-state index in [2.05, 4.69) is 67.8 Å². The van der Waals surface area contributed by atoms with Crippen LogP contribution >= 0.6 is 15.9 Å². The molecule has 0 bridgehead atoms. The lowest BCUT2D eigenvalue weighted by molar-refractivity contribution is 0.0326. The number of benzene rings is 1. The van der Waals surface area contributed by atoms with Crippen LogP contribution in [0.3, 0.4) is 0 Å². The summed E-state index contributed by atoms with van der Waals surface area (Å²) >= 11 is 3.25. The zero-order valence-corrected chi connectivity index (χ0v) is 16.6. The van der Waals surface area contributed by atoms with Crippen LogP contribution in [0, 0.1) is 17.2 Å². The third-order valence-electron chi connectivity index (χ3n) is 4.48. The van der Waals surface area contributed by atoms with Crippen molar-refractivity contribution < 1.29 is 8.82 Å². The zero-order valence-electron chi connectivity index (χ0n) is 14.1. The second-order valence-electron chi connectivity index (χ2n) is 6.96. The maximum absolute atomic E-state index is 13.7. The van der Waals surface area contributed by atoms with Gasteiger partial charge in [0.05, 0.1) is 10.6 Å². The summed E-state index contributed by atoms with van der Waals surface area (Å²) in [7, 11) is -0.852. The summed E-state index contributed by atoms with van der Waals surface area (Å²) in [4.78, 5) is 3.36. The van der Waals surface area contributed by atoms with Gasteiger partial charge < -0.3 is 9.41 Å². The molecule has 2 aromatic rings. The summed E-state index contributed by atoms with van der Waals surface area (Å²) in [6.45, 7) is 13.2. The van der Waals surface area contributed by atoms with Gasteiger partial charge in [0.25, 0.3) is 0 Å². The van der Waals surface area contributed by atoms with Crippen molar-refractivity contribution in [3.63, 3.8) is 0 Å². The van der Waals surface area contributed by atoms with Gasteiger partial charge in [-0.1, -0.05) is 27.7 Å². The van der Waals surface area contributed by atoms with Gasteiger partial charge in [0.15, 0.2) is 0 Å². The number of rotatable bonds is 5. The van der Waals surface area contributed by atoms with E-state index in [-0.39, 0.29) is 17.3 Å². The minimum atomic E-state index is -0.852. The third kappa shape index (κ3) is 3.47. The molecule has 1 aromatic carbocycles. The molecule has 2 rings (SSSR count). The monoisotopic (exact) mass is 384 g/mol. The number of hydrogen-bond donors (Lipinski definition) is 1. The van der Waals surface area contributed by atoms with E-state index in [9.17, 15) is 4.39 Å². The molecule has 0 aliphatic rings. The lowest BCUT2D eigenvalue weighted by atomic mass is 9.75. The normalized spacial score (nSPS) is 14.3. The first-order valence-electron chi connectivity index (χ1n) is 7.57. The molecule has 0 amide bonds. The van der Waals surface area contributed by atoms with Crippen molar-refractivity contribution >= 4 is 35.9 Å². The number of hydrogen-bond acceptors (Lipinski definition) is 1. The average molecular weight is 385 g/mol. The quantitative estimate of drug-likeness (QED) is 0.622. The molecule has 1 heterocycles. The Labute approximate surface area is 142 Å². The van der Waals surface area contributed by atoms with E-state index in [0.29, 0.717) is 10.4 Å². The summed E-state index contributed by atoms with van der Waals surface area (Å²) in [6.07, 6.45) is -0.0226. The van der Waals surface area contributed by atoms with E-state index in [1.165, 1.54) is 6.07 Å². The van der Waals surface area contributed by atoms with Gasteiger partial charge in [-0.2, -0.15) is 0 Å². The topological polar surface area (TPSA) is 25.0 Å². The number of aromatic nitrogens is 1. The van der Waals surface area contributed by atoms with Crippen LogP contribution in [-0.4, -0.2) is 14.0 Å². The Morgan fingerprint density at radius 3 is 2.41 bits per heavy atom. The SMILES string of the molecule is CC(C)C(C)(C)C(O[Si](C)C)c1cc2cc(Br)c(F)cc2[nH]1. The van der Waals surface area contributed by atoms with Crippen molar-refractivity contribution in [2.45, 2.75) is 46.9 Å². The predicted octanol–water partition coefficient (Wildman–Crippen LogP) is 6.06. The molecule has 0 fully saturated rings. The summed E-state index contributed by atoms with van der Waals surface area (Å²) in [5.41, 5.74) is 1.82. The molecular weight excluding hydrogens is 361 g/mol. The van der Waals surface area contributed by atoms with Crippen molar-refractivity contribution in [2.24, 2.45) is 11.3 Å². The van der Waals surface area contributed by atoms with Gasteiger partial charge in [0.1, 0.15) is 5.82 Å². The first kappa shape index (κ1) is 17.7. The van der Waals surface area contributed by atoms with Crippen molar-refractivity contribution in [3.8, 4) is 0 Å². The Kier molecular flexibility index (Phi) is 5.19. The Bertz CT molecular complexity index is 627. The van der Waals surface area contributed by atoms with E-state index in [1.807, 2.05) is 6.07 Å². The van der Waals surface area contributed by atoms with Gasteiger partial charge in [-0.3, -0.25) is 0 Å². The van der Waals surface area contributed by atoms with Crippen molar-refractivity contribution in [3.05, 3.63) is 34.2 Å². The first-order valence-corrected chi connectivity index (χ1v) is 10.8. The number of H-pyrrole nitrogens is 1. The Morgan fingerprint density at radius 2 is 1.86 bits per heavy atom. The van der Waals surface area contributed by atoms with Gasteiger partial charge >= 0.3 is 0 Å².